The van der Waals surface area contributed by atoms with Crippen LogP contribution < -0.4 is 10.00 Å². The van der Waals surface area contributed by atoms with Crippen LogP contribution in [0.25, 0.3) is 0 Å². The molecule has 0 bridgehead atoms. The van der Waals surface area contributed by atoms with Crippen molar-refractivity contribution >= 4 is 11.9 Å². The number of carbonyl (C=O) groups excluding carboxylic acids is 1. The lowest BCUT2D eigenvalue weighted by atomic mass is 10.3. The SMILES string of the molecule is C=C(OC)C(F)(F)F.N#CCNC(=O)c1cc[n+](CCC(=O)O)nc1. The number of carboxylic acids is 1. The molecule has 11 heteroatoms. The second-order valence-corrected chi connectivity index (χ2v) is 4.29. The zero-order valence-electron chi connectivity index (χ0n) is 13.2. The molecule has 136 valence electrons. The van der Waals surface area contributed by atoms with Crippen LogP contribution in [0.15, 0.2) is 30.8 Å². The normalized spacial score (nSPS) is 9.88. The molecule has 8 nitrogen and oxygen atoms in total. The first-order chi connectivity index (χ1) is 11.6. The summed E-state index contributed by atoms with van der Waals surface area (Å²) in [7, 11) is 0.926. The van der Waals surface area contributed by atoms with E-state index < -0.39 is 17.9 Å². The van der Waals surface area contributed by atoms with E-state index in [1.54, 1.807) is 6.07 Å². The minimum absolute atomic E-state index is 0.0301. The van der Waals surface area contributed by atoms with Gasteiger partial charge in [-0.2, -0.15) is 18.4 Å². The van der Waals surface area contributed by atoms with Crippen molar-refractivity contribution in [1.29, 1.82) is 5.26 Å². The van der Waals surface area contributed by atoms with Crippen LogP contribution >= 0.6 is 0 Å². The Bertz CT molecular complexity index is 639. The summed E-state index contributed by atoms with van der Waals surface area (Å²) in [6.45, 7) is 2.78. The molecule has 1 heterocycles. The molecular weight excluding hydrogens is 345 g/mol. The summed E-state index contributed by atoms with van der Waals surface area (Å²) >= 11 is 0. The first kappa shape index (κ1) is 21.8. The molecule has 0 aliphatic heterocycles. The molecule has 0 saturated heterocycles. The maximum Gasteiger partial charge on any atom is 0.448 e. The van der Waals surface area contributed by atoms with Crippen LogP contribution in [0.5, 0.6) is 0 Å². The number of hydrogen-bond donors (Lipinski definition) is 2. The number of methoxy groups -OCH3 is 1. The van der Waals surface area contributed by atoms with Gasteiger partial charge in [0.1, 0.15) is 19.2 Å². The number of alkyl halides is 3. The summed E-state index contributed by atoms with van der Waals surface area (Å²) in [5.41, 5.74) is 0.326. The number of nitrogens with one attached hydrogen (secondary N) is 1. The number of ether oxygens (including phenoxy) is 1. The molecule has 0 aliphatic rings. The zero-order chi connectivity index (χ0) is 19.5. The van der Waals surface area contributed by atoms with Crippen molar-refractivity contribution in [3.05, 3.63) is 36.4 Å². The maximum atomic E-state index is 11.4. The Hall–Kier alpha value is -3.16. The number of halogens is 3. The number of hydrogen-bond acceptors (Lipinski definition) is 5. The average Bonchev–Trinajstić information content (AvgIpc) is 2.57. The summed E-state index contributed by atoms with van der Waals surface area (Å²) in [5, 5.41) is 23.0. The second kappa shape index (κ2) is 10.6. The third kappa shape index (κ3) is 9.54. The fraction of sp³-hybridized carbons (Fsp3) is 0.357. The zero-order valence-corrected chi connectivity index (χ0v) is 13.2. The fourth-order valence-electron chi connectivity index (χ4n) is 1.20. The van der Waals surface area contributed by atoms with Gasteiger partial charge in [-0.3, -0.25) is 9.59 Å². The number of carboxylic acid groups (broad SMARTS) is 1. The molecule has 0 unspecified atom stereocenters. The molecule has 0 atom stereocenters. The largest absolute Gasteiger partial charge is 0.493 e. The minimum Gasteiger partial charge on any atom is -0.493 e. The molecular formula is C14H16F3N4O4+. The summed E-state index contributed by atoms with van der Waals surface area (Å²) in [4.78, 5) is 21.7. The number of aromatic nitrogens is 2. The number of nitrogens with zero attached hydrogens (tertiary/aromatic N) is 3. The lowest BCUT2D eigenvalue weighted by molar-refractivity contribution is -0.753. The van der Waals surface area contributed by atoms with Crippen LogP contribution in [-0.2, 0) is 16.1 Å². The van der Waals surface area contributed by atoms with Crippen molar-refractivity contribution in [2.45, 2.75) is 19.1 Å². The van der Waals surface area contributed by atoms with E-state index in [4.69, 9.17) is 10.4 Å². The van der Waals surface area contributed by atoms with E-state index in [1.165, 1.54) is 23.1 Å². The monoisotopic (exact) mass is 361 g/mol. The highest BCUT2D eigenvalue weighted by molar-refractivity contribution is 5.93. The van der Waals surface area contributed by atoms with Crippen molar-refractivity contribution in [2.24, 2.45) is 0 Å². The van der Waals surface area contributed by atoms with Gasteiger partial charge >= 0.3 is 12.1 Å². The van der Waals surface area contributed by atoms with Gasteiger partial charge in [0.05, 0.1) is 18.7 Å². The molecule has 25 heavy (non-hydrogen) atoms. The highest BCUT2D eigenvalue weighted by Crippen LogP contribution is 2.23. The highest BCUT2D eigenvalue weighted by Gasteiger charge is 2.33. The molecule has 2 N–H and O–H groups in total. The number of rotatable bonds is 6. The summed E-state index contributed by atoms with van der Waals surface area (Å²) in [6, 6.07) is 3.31. The van der Waals surface area contributed by atoms with Gasteiger partial charge < -0.3 is 15.2 Å². The van der Waals surface area contributed by atoms with E-state index in [0.29, 0.717) is 5.56 Å². The summed E-state index contributed by atoms with van der Waals surface area (Å²) in [5.74, 6) is -2.46. The van der Waals surface area contributed by atoms with E-state index in [2.05, 4.69) is 21.7 Å². The number of aryl methyl sites for hydroxylation is 1. The van der Waals surface area contributed by atoms with Crippen molar-refractivity contribution in [3.63, 3.8) is 0 Å². The van der Waals surface area contributed by atoms with Gasteiger partial charge in [0, 0.05) is 6.07 Å². The quantitative estimate of drug-likeness (QED) is 0.440. The highest BCUT2D eigenvalue weighted by atomic mass is 19.4. The average molecular weight is 361 g/mol. The third-order valence-corrected chi connectivity index (χ3v) is 2.48. The molecule has 0 aromatic carbocycles. The Morgan fingerprint density at radius 1 is 1.52 bits per heavy atom. The molecule has 0 radical (unpaired) electrons. The van der Waals surface area contributed by atoms with E-state index in [0.717, 1.165) is 7.11 Å². The third-order valence-electron chi connectivity index (χ3n) is 2.48. The van der Waals surface area contributed by atoms with E-state index in [-0.39, 0.29) is 25.4 Å². The summed E-state index contributed by atoms with van der Waals surface area (Å²) in [6.07, 6.45) is -1.59. The number of aliphatic carboxylic acids is 1. The fourth-order valence-corrected chi connectivity index (χ4v) is 1.20. The Kier molecular flexibility index (Phi) is 9.25. The number of carbonyl (C=O) groups is 2. The Labute approximate surface area is 141 Å². The van der Waals surface area contributed by atoms with Crippen LogP contribution in [-0.4, -0.2) is 41.9 Å². The smallest absolute Gasteiger partial charge is 0.448 e. The van der Waals surface area contributed by atoms with Gasteiger partial charge in [0.25, 0.3) is 5.91 Å². The van der Waals surface area contributed by atoms with Crippen molar-refractivity contribution in [3.8, 4) is 6.07 Å². The molecule has 0 saturated carbocycles. The lowest BCUT2D eigenvalue weighted by Crippen LogP contribution is -2.39. The van der Waals surface area contributed by atoms with Gasteiger partial charge in [0.2, 0.25) is 0 Å². The maximum absolute atomic E-state index is 11.4. The number of amides is 1. The van der Waals surface area contributed by atoms with Crippen LogP contribution in [0.4, 0.5) is 13.2 Å². The molecule has 1 aromatic heterocycles. The molecule has 0 spiro atoms. The predicted molar refractivity (Wildman–Crippen MR) is 76.8 cm³/mol. The van der Waals surface area contributed by atoms with E-state index in [9.17, 15) is 22.8 Å². The van der Waals surface area contributed by atoms with E-state index >= 15 is 0 Å². The Balaban J connectivity index is 0.000000609. The van der Waals surface area contributed by atoms with Gasteiger partial charge in [-0.25, -0.2) is 0 Å². The van der Waals surface area contributed by atoms with Gasteiger partial charge in [-0.15, -0.1) is 0 Å². The topological polar surface area (TPSA) is 116 Å². The van der Waals surface area contributed by atoms with Crippen molar-refractivity contribution < 1.29 is 37.3 Å². The summed E-state index contributed by atoms with van der Waals surface area (Å²) < 4.78 is 38.9. The Morgan fingerprint density at radius 3 is 2.52 bits per heavy atom. The van der Waals surface area contributed by atoms with Crippen LogP contribution in [0, 0.1) is 11.3 Å². The Morgan fingerprint density at radius 2 is 2.16 bits per heavy atom. The molecule has 1 aromatic rings. The molecule has 1 rings (SSSR count). The molecule has 0 fully saturated rings. The van der Waals surface area contributed by atoms with Crippen molar-refractivity contribution in [1.82, 2.24) is 10.4 Å². The van der Waals surface area contributed by atoms with Gasteiger partial charge in [-0.05, 0) is 5.10 Å². The number of allylic oxidation sites excluding steroid dienone is 1. The van der Waals surface area contributed by atoms with Gasteiger partial charge in [0.15, 0.2) is 18.5 Å². The molecule has 1 amide bonds. The van der Waals surface area contributed by atoms with Crippen molar-refractivity contribution in [2.75, 3.05) is 13.7 Å². The van der Waals surface area contributed by atoms with Crippen LogP contribution in [0.3, 0.4) is 0 Å². The first-order valence-electron chi connectivity index (χ1n) is 6.64. The van der Waals surface area contributed by atoms with Crippen LogP contribution in [0.2, 0.25) is 0 Å². The van der Waals surface area contributed by atoms with E-state index in [1.807, 2.05) is 0 Å². The van der Waals surface area contributed by atoms with Crippen LogP contribution in [0.1, 0.15) is 16.8 Å². The minimum atomic E-state index is -4.41. The standard InChI is InChI=1S/C10H10N4O3.C4H5F3O/c11-3-4-12-10(17)8-1-5-14(13-7-8)6-2-9(15)16;1-3(8-2)4(5,6)7/h1,5,7H,2,4,6H2,(H-,12,15,16,17);1H2,2H3/p+1. The molecule has 0 aliphatic carbocycles. The second-order valence-electron chi connectivity index (χ2n) is 4.29. The first-order valence-corrected chi connectivity index (χ1v) is 6.64. The van der Waals surface area contributed by atoms with Gasteiger partial charge in [-0.1, -0.05) is 11.3 Å². The lowest BCUT2D eigenvalue weighted by Gasteiger charge is -2.06. The predicted octanol–water partition coefficient (Wildman–Crippen LogP) is 0.806. The number of nitriles is 1.